The monoisotopic (exact) mass is 331 g/mol. The Kier molecular flexibility index (Phi) is 4.60. The highest BCUT2D eigenvalue weighted by molar-refractivity contribution is 7.89. The third-order valence-electron chi connectivity index (χ3n) is 3.84. The molecule has 0 heterocycles. The standard InChI is InChI=1S/C14H18ClNO4S/c1-10-4-3-7-14(9-10,13(17)18)16-21(19,20)12-6-2-5-11(15)8-12/h2,5-6,8,10,16H,3-4,7,9H2,1H3,(H,17,18). The van der Waals surface area contributed by atoms with Crippen LogP contribution in [0.1, 0.15) is 32.6 Å². The number of carboxylic acid groups (broad SMARTS) is 1. The van der Waals surface area contributed by atoms with Crippen molar-refractivity contribution in [3.63, 3.8) is 0 Å². The summed E-state index contributed by atoms with van der Waals surface area (Å²) in [6, 6.07) is 5.80. The van der Waals surface area contributed by atoms with Crippen LogP contribution < -0.4 is 4.72 Å². The minimum Gasteiger partial charge on any atom is -0.480 e. The maximum atomic E-state index is 12.4. The minimum atomic E-state index is -3.92. The molecule has 0 bridgehead atoms. The van der Waals surface area contributed by atoms with Crippen molar-refractivity contribution < 1.29 is 18.3 Å². The Labute approximate surface area is 129 Å². The van der Waals surface area contributed by atoms with Crippen LogP contribution in [0.25, 0.3) is 0 Å². The van der Waals surface area contributed by atoms with Gasteiger partial charge in [0.15, 0.2) is 0 Å². The number of benzene rings is 1. The molecule has 1 aliphatic carbocycles. The molecule has 2 unspecified atom stereocenters. The van der Waals surface area contributed by atoms with Gasteiger partial charge in [-0.2, -0.15) is 4.72 Å². The van der Waals surface area contributed by atoms with E-state index in [-0.39, 0.29) is 10.8 Å². The number of carboxylic acids is 1. The number of halogens is 1. The second kappa shape index (κ2) is 5.94. The van der Waals surface area contributed by atoms with E-state index in [0.29, 0.717) is 24.3 Å². The van der Waals surface area contributed by atoms with Gasteiger partial charge in [0.1, 0.15) is 5.54 Å². The van der Waals surface area contributed by atoms with Crippen molar-refractivity contribution in [2.24, 2.45) is 5.92 Å². The second-order valence-electron chi connectivity index (χ2n) is 5.65. The lowest BCUT2D eigenvalue weighted by Gasteiger charge is -2.36. The van der Waals surface area contributed by atoms with Crippen molar-refractivity contribution in [1.82, 2.24) is 4.72 Å². The number of hydrogen-bond acceptors (Lipinski definition) is 3. The molecule has 0 saturated heterocycles. The quantitative estimate of drug-likeness (QED) is 0.888. The minimum absolute atomic E-state index is 0.0196. The van der Waals surface area contributed by atoms with Crippen LogP contribution >= 0.6 is 11.6 Å². The smallest absolute Gasteiger partial charge is 0.324 e. The molecule has 7 heteroatoms. The lowest BCUT2D eigenvalue weighted by molar-refractivity contribution is -0.146. The Morgan fingerprint density at radius 3 is 2.76 bits per heavy atom. The summed E-state index contributed by atoms with van der Waals surface area (Å²) in [5, 5.41) is 9.81. The van der Waals surface area contributed by atoms with Gasteiger partial charge in [0.2, 0.25) is 10.0 Å². The number of carbonyl (C=O) groups is 1. The first-order chi connectivity index (χ1) is 9.75. The average molecular weight is 332 g/mol. The van der Waals surface area contributed by atoms with Crippen LogP contribution in [0, 0.1) is 5.92 Å². The van der Waals surface area contributed by atoms with Gasteiger partial charge >= 0.3 is 5.97 Å². The van der Waals surface area contributed by atoms with Crippen molar-refractivity contribution in [2.45, 2.75) is 43.0 Å². The van der Waals surface area contributed by atoms with Crippen molar-refractivity contribution in [2.75, 3.05) is 0 Å². The number of hydrogen-bond donors (Lipinski definition) is 2. The molecule has 0 aliphatic heterocycles. The number of rotatable bonds is 4. The maximum absolute atomic E-state index is 12.4. The fourth-order valence-corrected chi connectivity index (χ4v) is 4.53. The Morgan fingerprint density at radius 2 is 2.19 bits per heavy atom. The molecular weight excluding hydrogens is 314 g/mol. The van der Waals surface area contributed by atoms with E-state index in [1.807, 2.05) is 6.92 Å². The molecule has 2 N–H and O–H groups in total. The molecule has 1 fully saturated rings. The molecule has 1 aliphatic rings. The van der Waals surface area contributed by atoms with E-state index in [9.17, 15) is 18.3 Å². The SMILES string of the molecule is CC1CCCC(NS(=O)(=O)c2cccc(Cl)c2)(C(=O)O)C1. The van der Waals surface area contributed by atoms with Gasteiger partial charge < -0.3 is 5.11 Å². The second-order valence-corrected chi connectivity index (χ2v) is 7.77. The van der Waals surface area contributed by atoms with E-state index < -0.39 is 21.5 Å². The topological polar surface area (TPSA) is 83.5 Å². The van der Waals surface area contributed by atoms with Gasteiger partial charge in [-0.05, 0) is 37.0 Å². The molecule has 0 aromatic heterocycles. The summed E-state index contributed by atoms with van der Waals surface area (Å²) in [5.74, 6) is -0.962. The molecule has 5 nitrogen and oxygen atoms in total. The average Bonchev–Trinajstić information content (AvgIpc) is 2.38. The third-order valence-corrected chi connectivity index (χ3v) is 5.61. The van der Waals surface area contributed by atoms with Crippen molar-refractivity contribution in [1.29, 1.82) is 0 Å². The first-order valence-corrected chi connectivity index (χ1v) is 8.64. The van der Waals surface area contributed by atoms with E-state index in [1.54, 1.807) is 6.07 Å². The van der Waals surface area contributed by atoms with Crippen LogP contribution in [0.15, 0.2) is 29.2 Å². The largest absolute Gasteiger partial charge is 0.480 e. The first-order valence-electron chi connectivity index (χ1n) is 6.78. The van der Waals surface area contributed by atoms with E-state index in [4.69, 9.17) is 11.6 Å². The molecule has 0 amide bonds. The van der Waals surface area contributed by atoms with Crippen molar-refractivity contribution in [3.05, 3.63) is 29.3 Å². The predicted molar refractivity (Wildman–Crippen MR) is 79.8 cm³/mol. The fraction of sp³-hybridized carbons (Fsp3) is 0.500. The van der Waals surface area contributed by atoms with Crippen LogP contribution in [0.5, 0.6) is 0 Å². The number of nitrogens with one attached hydrogen (secondary N) is 1. The summed E-state index contributed by atoms with van der Waals surface area (Å²) in [7, 11) is -3.92. The molecule has 2 rings (SSSR count). The molecule has 1 aromatic rings. The summed E-state index contributed by atoms with van der Waals surface area (Å²) in [6.07, 6.45) is 2.19. The van der Waals surface area contributed by atoms with Crippen LogP contribution in [0.4, 0.5) is 0 Å². The summed E-state index contributed by atoms with van der Waals surface area (Å²) in [4.78, 5) is 11.6. The normalized spacial score (nSPS) is 26.5. The molecule has 21 heavy (non-hydrogen) atoms. The number of aliphatic carboxylic acids is 1. The Balaban J connectivity index is 2.34. The summed E-state index contributed by atoms with van der Waals surface area (Å²) >= 11 is 5.81. The molecule has 1 aromatic carbocycles. The van der Waals surface area contributed by atoms with Crippen molar-refractivity contribution in [3.8, 4) is 0 Å². The lowest BCUT2D eigenvalue weighted by Crippen LogP contribution is -2.56. The molecular formula is C14H18ClNO4S. The number of sulfonamides is 1. The third kappa shape index (κ3) is 3.56. The van der Waals surface area contributed by atoms with Gasteiger partial charge in [0.25, 0.3) is 0 Å². The van der Waals surface area contributed by atoms with E-state index in [2.05, 4.69) is 4.72 Å². The first kappa shape index (κ1) is 16.3. The van der Waals surface area contributed by atoms with Crippen LogP contribution in [0.2, 0.25) is 5.02 Å². The van der Waals surface area contributed by atoms with Crippen molar-refractivity contribution >= 4 is 27.6 Å². The highest BCUT2D eigenvalue weighted by Gasteiger charge is 2.45. The van der Waals surface area contributed by atoms with E-state index >= 15 is 0 Å². The fourth-order valence-electron chi connectivity index (χ4n) is 2.83. The molecule has 2 atom stereocenters. The summed E-state index contributed by atoms with van der Waals surface area (Å²) < 4.78 is 27.3. The Morgan fingerprint density at radius 1 is 1.48 bits per heavy atom. The van der Waals surface area contributed by atoms with Gasteiger partial charge in [-0.1, -0.05) is 37.4 Å². The summed E-state index contributed by atoms with van der Waals surface area (Å²) in [6.45, 7) is 1.94. The highest BCUT2D eigenvalue weighted by atomic mass is 35.5. The van der Waals surface area contributed by atoms with Gasteiger partial charge in [0.05, 0.1) is 4.90 Å². The Hall–Kier alpha value is -1.11. The molecule has 116 valence electrons. The summed E-state index contributed by atoms with van der Waals surface area (Å²) in [5.41, 5.74) is -1.43. The van der Waals surface area contributed by atoms with Gasteiger partial charge in [-0.3, -0.25) is 4.79 Å². The van der Waals surface area contributed by atoms with Crippen LogP contribution in [-0.2, 0) is 14.8 Å². The van der Waals surface area contributed by atoms with Crippen LogP contribution in [0.3, 0.4) is 0 Å². The molecule has 0 spiro atoms. The zero-order chi connectivity index (χ0) is 15.7. The highest BCUT2D eigenvalue weighted by Crippen LogP contribution is 2.34. The molecule has 0 radical (unpaired) electrons. The predicted octanol–water partition coefficient (Wildman–Crippen LogP) is 2.65. The Bertz CT molecular complexity index is 646. The van der Waals surface area contributed by atoms with Gasteiger partial charge in [-0.15, -0.1) is 0 Å². The van der Waals surface area contributed by atoms with E-state index in [0.717, 1.165) is 6.42 Å². The van der Waals surface area contributed by atoms with Gasteiger partial charge in [0, 0.05) is 5.02 Å². The lowest BCUT2D eigenvalue weighted by atomic mass is 9.77. The maximum Gasteiger partial charge on any atom is 0.324 e. The van der Waals surface area contributed by atoms with E-state index in [1.165, 1.54) is 18.2 Å². The molecule has 1 saturated carbocycles. The zero-order valence-corrected chi connectivity index (χ0v) is 13.2. The zero-order valence-electron chi connectivity index (χ0n) is 11.7. The van der Waals surface area contributed by atoms with Gasteiger partial charge in [-0.25, -0.2) is 8.42 Å². The van der Waals surface area contributed by atoms with Crippen LogP contribution in [-0.4, -0.2) is 25.0 Å².